The van der Waals surface area contributed by atoms with Crippen LogP contribution in [0.25, 0.3) is 37.9 Å². The number of thiophene rings is 1. The first-order valence-corrected chi connectivity index (χ1v) is 14.1. The van der Waals surface area contributed by atoms with Gasteiger partial charge in [-0.15, -0.1) is 11.3 Å². The standard InChI is InChI=1S/C31H28FN7O2S/c1-17(2)30(40)39-11-8-19(9-12-39)27-25(20-5-6-24(23(32)13-20)41-31-34-10-7-18(3)37-31)26-28(42-27)22(15-35-29(26)33)21-14-36-38(4)16-21/h5-8,10,13-16H,1,9,11-12H2,2-4H3,(H2,33,35). The molecule has 11 heteroatoms. The summed E-state index contributed by atoms with van der Waals surface area (Å²) in [5.41, 5.74) is 12.0. The van der Waals surface area contributed by atoms with Gasteiger partial charge >= 0.3 is 6.01 Å². The van der Waals surface area contributed by atoms with Gasteiger partial charge in [0.25, 0.3) is 0 Å². The molecule has 6 rings (SSSR count). The molecule has 0 atom stereocenters. The largest absolute Gasteiger partial charge is 0.421 e. The SMILES string of the molecule is C=C(C)C(=O)N1CC=C(c2sc3c(-c4cnn(C)c4)cnc(N)c3c2-c2ccc(Oc3nccc(C)n3)c(F)c2)CC1. The number of aryl methyl sites for hydroxylation is 2. The fourth-order valence-corrected chi connectivity index (χ4v) is 6.46. The average molecular weight is 582 g/mol. The summed E-state index contributed by atoms with van der Waals surface area (Å²) in [6.07, 6.45) is 9.70. The van der Waals surface area contributed by atoms with Crippen LogP contribution in [0.3, 0.4) is 0 Å². The van der Waals surface area contributed by atoms with Crippen LogP contribution < -0.4 is 10.5 Å². The Kier molecular flexibility index (Phi) is 7.03. The third-order valence-corrected chi connectivity index (χ3v) is 8.40. The van der Waals surface area contributed by atoms with E-state index in [2.05, 4.69) is 32.7 Å². The van der Waals surface area contributed by atoms with E-state index in [-0.39, 0.29) is 17.7 Å². The van der Waals surface area contributed by atoms with Gasteiger partial charge in [-0.3, -0.25) is 9.48 Å². The lowest BCUT2D eigenvalue weighted by Crippen LogP contribution is -2.34. The van der Waals surface area contributed by atoms with E-state index in [0.29, 0.717) is 42.2 Å². The third-order valence-electron chi connectivity index (χ3n) is 7.11. The van der Waals surface area contributed by atoms with Gasteiger partial charge in [-0.2, -0.15) is 5.10 Å². The number of benzene rings is 1. The highest BCUT2D eigenvalue weighted by atomic mass is 32.1. The van der Waals surface area contributed by atoms with E-state index in [9.17, 15) is 4.79 Å². The molecule has 42 heavy (non-hydrogen) atoms. The molecule has 0 aliphatic carbocycles. The number of anilines is 1. The number of carbonyl (C=O) groups is 1. The predicted octanol–water partition coefficient (Wildman–Crippen LogP) is 6.17. The molecule has 5 heterocycles. The molecule has 0 fully saturated rings. The summed E-state index contributed by atoms with van der Waals surface area (Å²) >= 11 is 1.58. The molecule has 2 N–H and O–H groups in total. The Labute approximate surface area is 245 Å². The van der Waals surface area contributed by atoms with E-state index in [0.717, 1.165) is 37.2 Å². The summed E-state index contributed by atoms with van der Waals surface area (Å²) in [6, 6.07) is 6.61. The number of nitrogens with zero attached hydrogens (tertiary/aromatic N) is 6. The second-order valence-electron chi connectivity index (χ2n) is 10.2. The molecule has 212 valence electrons. The number of nitrogen functional groups attached to an aromatic ring is 1. The molecular formula is C31H28FN7O2S. The molecule has 1 aliphatic heterocycles. The number of ether oxygens (including phenoxy) is 1. The molecule has 1 aromatic carbocycles. The lowest BCUT2D eigenvalue weighted by molar-refractivity contribution is -0.126. The van der Waals surface area contributed by atoms with Crippen LogP contribution in [0.4, 0.5) is 10.2 Å². The molecule has 1 aliphatic rings. The van der Waals surface area contributed by atoms with E-state index >= 15 is 4.39 Å². The molecule has 1 amide bonds. The van der Waals surface area contributed by atoms with E-state index in [1.54, 1.807) is 64.6 Å². The number of halogens is 1. The van der Waals surface area contributed by atoms with E-state index < -0.39 is 5.82 Å². The van der Waals surface area contributed by atoms with Crippen LogP contribution in [0.2, 0.25) is 0 Å². The summed E-state index contributed by atoms with van der Waals surface area (Å²) in [6.45, 7) is 8.32. The molecule has 5 aromatic rings. The topological polar surface area (TPSA) is 112 Å². The second-order valence-corrected chi connectivity index (χ2v) is 11.2. The van der Waals surface area contributed by atoms with Crippen molar-refractivity contribution in [2.24, 2.45) is 7.05 Å². The zero-order valence-electron chi connectivity index (χ0n) is 23.4. The monoisotopic (exact) mass is 581 g/mol. The van der Waals surface area contributed by atoms with Gasteiger partial charge in [0.05, 0.1) is 6.20 Å². The van der Waals surface area contributed by atoms with Gasteiger partial charge in [-0.25, -0.2) is 19.3 Å². The minimum atomic E-state index is -0.561. The van der Waals surface area contributed by atoms with Crippen molar-refractivity contribution >= 4 is 38.7 Å². The van der Waals surface area contributed by atoms with Crippen LogP contribution in [-0.4, -0.2) is 48.6 Å². The smallest absolute Gasteiger partial charge is 0.322 e. The lowest BCUT2D eigenvalue weighted by atomic mass is 9.95. The van der Waals surface area contributed by atoms with Gasteiger partial charge in [-0.05, 0) is 49.6 Å². The molecular weight excluding hydrogens is 553 g/mol. The maximum absolute atomic E-state index is 15.6. The van der Waals surface area contributed by atoms with E-state index in [4.69, 9.17) is 10.5 Å². The van der Waals surface area contributed by atoms with Crippen molar-refractivity contribution < 1.29 is 13.9 Å². The average Bonchev–Trinajstić information content (AvgIpc) is 3.59. The van der Waals surface area contributed by atoms with Crippen molar-refractivity contribution in [3.63, 3.8) is 0 Å². The molecule has 0 saturated heterocycles. The van der Waals surface area contributed by atoms with Crippen molar-refractivity contribution in [2.45, 2.75) is 20.3 Å². The fraction of sp³-hybridized carbons (Fsp3) is 0.194. The quantitative estimate of drug-likeness (QED) is 0.239. The minimum absolute atomic E-state index is 0.0124. The molecule has 9 nitrogen and oxygen atoms in total. The number of hydrogen-bond donors (Lipinski definition) is 1. The van der Waals surface area contributed by atoms with Crippen molar-refractivity contribution in [2.75, 3.05) is 18.8 Å². The van der Waals surface area contributed by atoms with Gasteiger partial charge in [0.1, 0.15) is 5.82 Å². The van der Waals surface area contributed by atoms with Crippen LogP contribution in [0.5, 0.6) is 11.8 Å². The Morgan fingerprint density at radius 3 is 2.69 bits per heavy atom. The number of amides is 1. The van der Waals surface area contributed by atoms with Gasteiger partial charge in [0.2, 0.25) is 5.91 Å². The van der Waals surface area contributed by atoms with E-state index in [1.807, 2.05) is 20.2 Å². The molecule has 0 radical (unpaired) electrons. The first-order valence-electron chi connectivity index (χ1n) is 13.3. The predicted molar refractivity (Wildman–Crippen MR) is 162 cm³/mol. The number of rotatable bonds is 6. The maximum atomic E-state index is 15.6. The maximum Gasteiger partial charge on any atom is 0.322 e. The van der Waals surface area contributed by atoms with Crippen molar-refractivity contribution in [3.8, 4) is 34.0 Å². The lowest BCUT2D eigenvalue weighted by Gasteiger charge is -2.26. The zero-order chi connectivity index (χ0) is 29.5. The Morgan fingerprint density at radius 1 is 1.19 bits per heavy atom. The van der Waals surface area contributed by atoms with Crippen LogP contribution in [-0.2, 0) is 11.8 Å². The highest BCUT2D eigenvalue weighted by Gasteiger charge is 2.26. The number of hydrogen-bond acceptors (Lipinski definition) is 8. The molecule has 0 saturated carbocycles. The van der Waals surface area contributed by atoms with Gasteiger partial charge in [0.15, 0.2) is 11.6 Å². The number of nitrogens with two attached hydrogens (primary N) is 1. The van der Waals surface area contributed by atoms with Crippen molar-refractivity contribution in [1.82, 2.24) is 29.6 Å². The Hall–Kier alpha value is -4.90. The second kappa shape index (κ2) is 10.8. The number of fused-ring (bicyclic) bond motifs is 1. The summed E-state index contributed by atoms with van der Waals surface area (Å²) < 4.78 is 23.9. The molecule has 0 unspecified atom stereocenters. The molecule has 0 bridgehead atoms. The van der Waals surface area contributed by atoms with Crippen LogP contribution in [0.1, 0.15) is 23.9 Å². The number of aromatic nitrogens is 5. The third kappa shape index (κ3) is 5.03. The normalized spacial score (nSPS) is 13.3. The highest BCUT2D eigenvalue weighted by Crippen LogP contribution is 2.49. The van der Waals surface area contributed by atoms with Crippen LogP contribution in [0, 0.1) is 12.7 Å². The number of carbonyl (C=O) groups excluding carboxylic acids is 1. The molecule has 0 spiro atoms. The first-order chi connectivity index (χ1) is 20.2. The Morgan fingerprint density at radius 2 is 2.02 bits per heavy atom. The van der Waals surface area contributed by atoms with Crippen molar-refractivity contribution in [1.29, 1.82) is 0 Å². The minimum Gasteiger partial charge on any atom is -0.421 e. The van der Waals surface area contributed by atoms with E-state index in [1.165, 1.54) is 6.07 Å². The summed E-state index contributed by atoms with van der Waals surface area (Å²) in [5, 5.41) is 5.08. The van der Waals surface area contributed by atoms with Gasteiger partial charge in [-0.1, -0.05) is 18.7 Å². The summed E-state index contributed by atoms with van der Waals surface area (Å²) in [5.74, 6) is -0.268. The van der Waals surface area contributed by atoms with Crippen molar-refractivity contribution in [3.05, 3.63) is 83.7 Å². The summed E-state index contributed by atoms with van der Waals surface area (Å²) in [7, 11) is 1.86. The van der Waals surface area contributed by atoms with Crippen LogP contribution >= 0.6 is 11.3 Å². The highest BCUT2D eigenvalue weighted by molar-refractivity contribution is 7.21. The number of pyridine rings is 1. The summed E-state index contributed by atoms with van der Waals surface area (Å²) in [4.78, 5) is 28.1. The van der Waals surface area contributed by atoms with Crippen LogP contribution in [0.15, 0.2) is 67.3 Å². The molecule has 4 aromatic heterocycles. The first kappa shape index (κ1) is 27.3. The zero-order valence-corrected chi connectivity index (χ0v) is 24.2. The Bertz CT molecular complexity index is 1910. The van der Waals surface area contributed by atoms with Gasteiger partial charge < -0.3 is 15.4 Å². The van der Waals surface area contributed by atoms with Gasteiger partial charge in [0, 0.05) is 81.6 Å². The Balaban J connectivity index is 1.50. The fourth-order valence-electron chi connectivity index (χ4n) is 5.03.